The molecule has 1 fully saturated rings. The summed E-state index contributed by atoms with van der Waals surface area (Å²) in [5, 5.41) is 8.79. The second-order valence-corrected chi connectivity index (χ2v) is 6.53. The first-order valence-electron chi connectivity index (χ1n) is 8.02. The first-order valence-corrected chi connectivity index (χ1v) is 9.01. The molecule has 0 aliphatic carbocycles. The largest absolute Gasteiger partial charge is 0.379 e. The average molecular weight is 351 g/mol. The molecular weight excluding hydrogens is 329 g/mol. The lowest BCUT2D eigenvalue weighted by Crippen LogP contribution is -2.43. The SMILES string of the molecule is N#CCCN(CCN1CCOCC1)C(=O)CSc1ccc(F)cc1. The Labute approximate surface area is 146 Å². The van der Waals surface area contributed by atoms with Crippen LogP contribution in [0.15, 0.2) is 29.2 Å². The lowest BCUT2D eigenvalue weighted by molar-refractivity contribution is -0.128. The van der Waals surface area contributed by atoms with Crippen LogP contribution in [0.25, 0.3) is 0 Å². The molecule has 1 aromatic rings. The third-order valence-electron chi connectivity index (χ3n) is 3.81. The summed E-state index contributed by atoms with van der Waals surface area (Å²) in [6.45, 7) is 5.07. The number of rotatable bonds is 8. The van der Waals surface area contributed by atoms with Gasteiger partial charge in [-0.3, -0.25) is 9.69 Å². The van der Waals surface area contributed by atoms with Gasteiger partial charge in [0.1, 0.15) is 5.82 Å². The zero-order valence-corrected chi connectivity index (χ0v) is 14.4. The van der Waals surface area contributed by atoms with Gasteiger partial charge >= 0.3 is 0 Å². The van der Waals surface area contributed by atoms with Crippen LogP contribution in [0.2, 0.25) is 0 Å². The second-order valence-electron chi connectivity index (χ2n) is 5.49. The maximum absolute atomic E-state index is 12.9. The average Bonchev–Trinajstić information content (AvgIpc) is 2.62. The highest BCUT2D eigenvalue weighted by Crippen LogP contribution is 2.18. The summed E-state index contributed by atoms with van der Waals surface area (Å²) in [7, 11) is 0. The van der Waals surface area contributed by atoms with Gasteiger partial charge in [-0.15, -0.1) is 11.8 Å². The van der Waals surface area contributed by atoms with Crippen molar-refractivity contribution in [3.63, 3.8) is 0 Å². The summed E-state index contributed by atoms with van der Waals surface area (Å²) >= 11 is 1.39. The number of nitrogens with zero attached hydrogens (tertiary/aromatic N) is 3. The van der Waals surface area contributed by atoms with Crippen molar-refractivity contribution in [2.24, 2.45) is 0 Å². The van der Waals surface area contributed by atoms with Crippen molar-refractivity contribution < 1.29 is 13.9 Å². The van der Waals surface area contributed by atoms with Crippen molar-refractivity contribution in [3.05, 3.63) is 30.1 Å². The number of amides is 1. The molecule has 130 valence electrons. The fraction of sp³-hybridized carbons (Fsp3) is 0.529. The third kappa shape index (κ3) is 6.48. The molecule has 2 rings (SSSR count). The van der Waals surface area contributed by atoms with Crippen LogP contribution in [0.3, 0.4) is 0 Å². The molecule has 0 spiro atoms. The molecule has 1 saturated heterocycles. The lowest BCUT2D eigenvalue weighted by Gasteiger charge is -2.29. The van der Waals surface area contributed by atoms with Crippen molar-refractivity contribution in [2.75, 3.05) is 51.7 Å². The molecule has 24 heavy (non-hydrogen) atoms. The van der Waals surface area contributed by atoms with Gasteiger partial charge < -0.3 is 9.64 Å². The molecule has 1 aromatic carbocycles. The Morgan fingerprint density at radius 2 is 2.00 bits per heavy atom. The van der Waals surface area contributed by atoms with E-state index in [1.165, 1.54) is 23.9 Å². The molecular formula is C17H22FN3O2S. The van der Waals surface area contributed by atoms with Crippen LogP contribution in [0.5, 0.6) is 0 Å². The quantitative estimate of drug-likeness (QED) is 0.671. The van der Waals surface area contributed by atoms with Crippen LogP contribution in [-0.4, -0.2) is 67.4 Å². The molecule has 0 saturated carbocycles. The molecule has 0 atom stereocenters. The van der Waals surface area contributed by atoms with E-state index in [4.69, 9.17) is 10.00 Å². The van der Waals surface area contributed by atoms with Crippen molar-refractivity contribution in [2.45, 2.75) is 11.3 Å². The molecule has 1 heterocycles. The van der Waals surface area contributed by atoms with Crippen molar-refractivity contribution in [1.29, 1.82) is 5.26 Å². The number of morpholine rings is 1. The maximum Gasteiger partial charge on any atom is 0.233 e. The summed E-state index contributed by atoms with van der Waals surface area (Å²) in [5.41, 5.74) is 0. The normalized spacial score (nSPS) is 15.0. The number of hydrogen-bond acceptors (Lipinski definition) is 5. The zero-order chi connectivity index (χ0) is 17.2. The number of halogens is 1. The van der Waals surface area contributed by atoms with E-state index in [9.17, 15) is 9.18 Å². The second kappa shape index (κ2) is 10.3. The van der Waals surface area contributed by atoms with Crippen LogP contribution in [0, 0.1) is 17.1 Å². The van der Waals surface area contributed by atoms with Crippen molar-refractivity contribution in [1.82, 2.24) is 9.80 Å². The number of thioether (sulfide) groups is 1. The predicted octanol–water partition coefficient (Wildman–Crippen LogP) is 1.99. The van der Waals surface area contributed by atoms with Gasteiger partial charge in [-0.2, -0.15) is 5.26 Å². The Morgan fingerprint density at radius 1 is 1.29 bits per heavy atom. The van der Waals surface area contributed by atoms with E-state index in [0.29, 0.717) is 25.3 Å². The minimum Gasteiger partial charge on any atom is -0.379 e. The Balaban J connectivity index is 1.81. The lowest BCUT2D eigenvalue weighted by atomic mass is 10.3. The van der Waals surface area contributed by atoms with E-state index in [1.807, 2.05) is 0 Å². The molecule has 1 aliphatic heterocycles. The van der Waals surface area contributed by atoms with Crippen molar-refractivity contribution in [3.8, 4) is 6.07 Å². The number of ether oxygens (including phenoxy) is 1. The van der Waals surface area contributed by atoms with Crippen LogP contribution in [0.1, 0.15) is 6.42 Å². The summed E-state index contributed by atoms with van der Waals surface area (Å²) in [6.07, 6.45) is 0.329. The van der Waals surface area contributed by atoms with Crippen LogP contribution in [-0.2, 0) is 9.53 Å². The Bertz CT molecular complexity index is 556. The van der Waals surface area contributed by atoms with Gasteiger partial charge in [0.15, 0.2) is 0 Å². The number of hydrogen-bond donors (Lipinski definition) is 0. The number of carbonyl (C=O) groups excluding carboxylic acids is 1. The standard InChI is InChI=1S/C17H22FN3O2S/c18-15-2-4-16(5-3-15)24-14-17(22)21(7-1-6-19)9-8-20-10-12-23-13-11-20/h2-5H,1,7-14H2. The smallest absolute Gasteiger partial charge is 0.233 e. The summed E-state index contributed by atoms with van der Waals surface area (Å²) in [6, 6.07) is 8.20. The minimum atomic E-state index is -0.285. The molecule has 0 aromatic heterocycles. The Morgan fingerprint density at radius 3 is 2.67 bits per heavy atom. The van der Waals surface area contributed by atoms with Crippen LogP contribution < -0.4 is 0 Å². The van der Waals surface area contributed by atoms with Crippen LogP contribution >= 0.6 is 11.8 Å². The van der Waals surface area contributed by atoms with E-state index < -0.39 is 0 Å². The summed E-state index contributed by atoms with van der Waals surface area (Å²) < 4.78 is 18.2. The molecule has 1 aliphatic rings. The van der Waals surface area contributed by atoms with Gasteiger partial charge in [0.05, 0.1) is 31.5 Å². The van der Waals surface area contributed by atoms with E-state index in [0.717, 1.165) is 37.7 Å². The topological polar surface area (TPSA) is 56.6 Å². The highest BCUT2D eigenvalue weighted by atomic mass is 32.2. The molecule has 0 radical (unpaired) electrons. The zero-order valence-electron chi connectivity index (χ0n) is 13.6. The molecule has 0 unspecified atom stereocenters. The number of nitriles is 1. The van der Waals surface area contributed by atoms with E-state index in [1.54, 1.807) is 17.0 Å². The molecule has 0 N–H and O–H groups in total. The van der Waals surface area contributed by atoms with Gasteiger partial charge in [-0.25, -0.2) is 4.39 Å². The van der Waals surface area contributed by atoms with Crippen LogP contribution in [0.4, 0.5) is 4.39 Å². The first-order chi connectivity index (χ1) is 11.7. The van der Waals surface area contributed by atoms with Gasteiger partial charge in [0, 0.05) is 37.6 Å². The summed E-state index contributed by atoms with van der Waals surface area (Å²) in [5.74, 6) is 0.0138. The van der Waals surface area contributed by atoms with Crippen molar-refractivity contribution >= 4 is 17.7 Å². The van der Waals surface area contributed by atoms with Gasteiger partial charge in [-0.1, -0.05) is 0 Å². The first kappa shape index (κ1) is 18.7. The Hall–Kier alpha value is -1.62. The molecule has 5 nitrogen and oxygen atoms in total. The molecule has 0 bridgehead atoms. The fourth-order valence-electron chi connectivity index (χ4n) is 2.40. The summed E-state index contributed by atoms with van der Waals surface area (Å²) in [4.78, 5) is 17.3. The predicted molar refractivity (Wildman–Crippen MR) is 91.2 cm³/mol. The highest BCUT2D eigenvalue weighted by molar-refractivity contribution is 8.00. The minimum absolute atomic E-state index is 0.00725. The number of carbonyl (C=O) groups is 1. The van der Waals surface area contributed by atoms with Gasteiger partial charge in [0.2, 0.25) is 5.91 Å². The van der Waals surface area contributed by atoms with Gasteiger partial charge in [0.25, 0.3) is 0 Å². The van der Waals surface area contributed by atoms with Gasteiger partial charge in [-0.05, 0) is 24.3 Å². The van der Waals surface area contributed by atoms with E-state index in [2.05, 4.69) is 11.0 Å². The fourth-order valence-corrected chi connectivity index (χ4v) is 3.20. The highest BCUT2D eigenvalue weighted by Gasteiger charge is 2.16. The monoisotopic (exact) mass is 351 g/mol. The third-order valence-corrected chi connectivity index (χ3v) is 4.81. The molecule has 1 amide bonds. The maximum atomic E-state index is 12.9. The van der Waals surface area contributed by atoms with E-state index in [-0.39, 0.29) is 11.7 Å². The Kier molecular flexibility index (Phi) is 8.02. The number of benzene rings is 1. The van der Waals surface area contributed by atoms with E-state index >= 15 is 0 Å². The molecule has 7 heteroatoms.